The molecule has 36 heavy (non-hydrogen) atoms. The smallest absolute Gasteiger partial charge is 0.326 e. The van der Waals surface area contributed by atoms with Crippen molar-refractivity contribution < 1.29 is 4.79 Å². The van der Waals surface area contributed by atoms with Gasteiger partial charge in [-0.1, -0.05) is 51.8 Å². The van der Waals surface area contributed by atoms with Crippen LogP contribution >= 0.6 is 27.5 Å². The van der Waals surface area contributed by atoms with Crippen molar-refractivity contribution in [3.05, 3.63) is 104 Å². The SMILES string of the molecule is N#Cc1ccc(/C=C/CN2CCc3c(c4cc(Br)ccc4n3C(=O)NCc3ccnc(Cl)c3)C2)cc1. The van der Waals surface area contributed by atoms with Gasteiger partial charge in [-0.3, -0.25) is 9.47 Å². The number of carbonyl (C=O) groups excluding carboxylic acids is 1. The molecule has 1 aliphatic heterocycles. The molecular formula is C28H23BrClN5O. The summed E-state index contributed by atoms with van der Waals surface area (Å²) in [6, 6.07) is 19.2. The lowest BCUT2D eigenvalue weighted by molar-refractivity contribution is 0.240. The van der Waals surface area contributed by atoms with E-state index >= 15 is 0 Å². The molecule has 5 rings (SSSR count). The van der Waals surface area contributed by atoms with Gasteiger partial charge in [0.25, 0.3) is 0 Å². The van der Waals surface area contributed by atoms with Crippen LogP contribution in [-0.4, -0.2) is 33.6 Å². The van der Waals surface area contributed by atoms with Crippen molar-refractivity contribution in [3.63, 3.8) is 0 Å². The van der Waals surface area contributed by atoms with Gasteiger partial charge in [-0.2, -0.15) is 5.26 Å². The number of hydrogen-bond acceptors (Lipinski definition) is 4. The summed E-state index contributed by atoms with van der Waals surface area (Å²) in [5.74, 6) is 0. The zero-order valence-electron chi connectivity index (χ0n) is 19.4. The van der Waals surface area contributed by atoms with E-state index in [0.29, 0.717) is 17.3 Å². The largest absolute Gasteiger partial charge is 0.333 e. The molecule has 0 fully saturated rings. The molecule has 0 atom stereocenters. The molecule has 2 aromatic heterocycles. The maximum Gasteiger partial charge on any atom is 0.326 e. The van der Waals surface area contributed by atoms with Crippen LogP contribution in [0.3, 0.4) is 0 Å². The number of nitriles is 1. The third-order valence-corrected chi connectivity index (χ3v) is 7.04. The van der Waals surface area contributed by atoms with E-state index in [9.17, 15) is 4.79 Å². The Morgan fingerprint density at radius 1 is 1.19 bits per heavy atom. The number of fused-ring (bicyclic) bond motifs is 3. The zero-order valence-corrected chi connectivity index (χ0v) is 21.8. The zero-order chi connectivity index (χ0) is 25.1. The van der Waals surface area contributed by atoms with E-state index in [0.717, 1.165) is 58.3 Å². The van der Waals surface area contributed by atoms with Crippen molar-refractivity contribution in [2.45, 2.75) is 19.5 Å². The summed E-state index contributed by atoms with van der Waals surface area (Å²) >= 11 is 9.58. The predicted molar refractivity (Wildman–Crippen MR) is 146 cm³/mol. The number of nitrogens with one attached hydrogen (secondary N) is 1. The van der Waals surface area contributed by atoms with E-state index in [2.05, 4.69) is 55.4 Å². The number of carbonyl (C=O) groups is 1. The first kappa shape index (κ1) is 24.3. The van der Waals surface area contributed by atoms with Gasteiger partial charge in [0.2, 0.25) is 0 Å². The van der Waals surface area contributed by atoms with Gasteiger partial charge in [0, 0.05) is 54.3 Å². The van der Waals surface area contributed by atoms with E-state index < -0.39 is 0 Å². The lowest BCUT2D eigenvalue weighted by Gasteiger charge is -2.27. The third kappa shape index (κ3) is 5.21. The Balaban J connectivity index is 1.35. The molecule has 180 valence electrons. The van der Waals surface area contributed by atoms with E-state index in [1.807, 2.05) is 47.0 Å². The molecule has 3 heterocycles. The van der Waals surface area contributed by atoms with Gasteiger partial charge >= 0.3 is 6.03 Å². The normalized spacial score (nSPS) is 13.6. The molecule has 1 amide bonds. The van der Waals surface area contributed by atoms with Crippen LogP contribution in [0.5, 0.6) is 0 Å². The fourth-order valence-electron chi connectivity index (χ4n) is 4.59. The number of amides is 1. The number of halogens is 2. The summed E-state index contributed by atoms with van der Waals surface area (Å²) < 4.78 is 2.81. The molecule has 0 spiro atoms. The van der Waals surface area contributed by atoms with Gasteiger partial charge in [-0.05, 0) is 59.2 Å². The number of nitrogens with zero attached hydrogens (tertiary/aromatic N) is 4. The van der Waals surface area contributed by atoms with E-state index in [4.69, 9.17) is 16.9 Å². The van der Waals surface area contributed by atoms with Crippen molar-refractivity contribution in [3.8, 4) is 6.07 Å². The average molecular weight is 561 g/mol. The standard InChI is InChI=1S/C28H23BrClN5O/c29-22-7-8-25-23(15-22)24-18-34(12-1-2-19-3-5-20(16-31)6-4-19)13-10-26(24)35(25)28(36)33-17-21-9-11-32-27(30)14-21/h1-9,11,14-15H,10,12-13,17-18H2,(H,33,36)/b2-1+. The van der Waals surface area contributed by atoms with Crippen LogP contribution in [0.2, 0.25) is 5.15 Å². The summed E-state index contributed by atoms with van der Waals surface area (Å²) in [5.41, 5.74) is 5.78. The summed E-state index contributed by atoms with van der Waals surface area (Å²) in [5, 5.41) is 13.5. The maximum absolute atomic E-state index is 13.3. The number of aromatic nitrogens is 2. The Hall–Kier alpha value is -3.44. The first-order valence-electron chi connectivity index (χ1n) is 11.6. The lowest BCUT2D eigenvalue weighted by Crippen LogP contribution is -2.34. The number of pyridine rings is 1. The summed E-state index contributed by atoms with van der Waals surface area (Å²) in [6.45, 7) is 2.79. The van der Waals surface area contributed by atoms with Crippen LogP contribution < -0.4 is 5.32 Å². The summed E-state index contributed by atoms with van der Waals surface area (Å²) in [7, 11) is 0. The molecule has 2 aromatic carbocycles. The summed E-state index contributed by atoms with van der Waals surface area (Å²) in [6.07, 6.45) is 6.64. The lowest BCUT2D eigenvalue weighted by atomic mass is 10.0. The van der Waals surface area contributed by atoms with Crippen LogP contribution in [-0.2, 0) is 19.5 Å². The van der Waals surface area contributed by atoms with Crippen molar-refractivity contribution in [2.75, 3.05) is 13.1 Å². The van der Waals surface area contributed by atoms with Crippen molar-refractivity contribution in [2.24, 2.45) is 0 Å². The Labute approximate surface area is 222 Å². The maximum atomic E-state index is 13.3. The summed E-state index contributed by atoms with van der Waals surface area (Å²) in [4.78, 5) is 19.7. The van der Waals surface area contributed by atoms with Crippen molar-refractivity contribution >= 4 is 50.5 Å². The molecule has 0 unspecified atom stereocenters. The minimum absolute atomic E-state index is 0.148. The van der Waals surface area contributed by atoms with Gasteiger partial charge in [0.1, 0.15) is 5.15 Å². The van der Waals surface area contributed by atoms with Crippen LogP contribution in [0.1, 0.15) is 27.9 Å². The number of rotatable bonds is 5. The van der Waals surface area contributed by atoms with Gasteiger partial charge < -0.3 is 5.32 Å². The van der Waals surface area contributed by atoms with Crippen LogP contribution in [0.4, 0.5) is 4.79 Å². The minimum atomic E-state index is -0.148. The molecule has 4 aromatic rings. The van der Waals surface area contributed by atoms with E-state index in [1.54, 1.807) is 12.3 Å². The Morgan fingerprint density at radius 2 is 2.03 bits per heavy atom. The van der Waals surface area contributed by atoms with Gasteiger partial charge in [0.05, 0.1) is 17.1 Å². The molecule has 1 N–H and O–H groups in total. The molecule has 6 nitrogen and oxygen atoms in total. The van der Waals surface area contributed by atoms with Gasteiger partial charge in [-0.25, -0.2) is 9.78 Å². The molecule has 0 saturated heterocycles. The highest BCUT2D eigenvalue weighted by molar-refractivity contribution is 9.10. The average Bonchev–Trinajstić information content (AvgIpc) is 3.21. The molecule has 8 heteroatoms. The second kappa shape index (κ2) is 10.7. The predicted octanol–water partition coefficient (Wildman–Crippen LogP) is 6.15. The molecule has 0 aliphatic carbocycles. The molecule has 0 saturated carbocycles. The third-order valence-electron chi connectivity index (χ3n) is 6.34. The molecule has 0 bridgehead atoms. The highest BCUT2D eigenvalue weighted by Crippen LogP contribution is 2.33. The molecule has 1 aliphatic rings. The first-order chi connectivity index (χ1) is 17.5. The number of benzene rings is 2. The van der Waals surface area contributed by atoms with Crippen LogP contribution in [0.15, 0.2) is 71.3 Å². The highest BCUT2D eigenvalue weighted by Gasteiger charge is 2.26. The Kier molecular flexibility index (Phi) is 7.19. The Bertz CT molecular complexity index is 1500. The van der Waals surface area contributed by atoms with E-state index in [-0.39, 0.29) is 6.03 Å². The Morgan fingerprint density at radius 3 is 2.81 bits per heavy atom. The quantitative estimate of drug-likeness (QED) is 0.297. The van der Waals surface area contributed by atoms with E-state index in [1.165, 1.54) is 5.56 Å². The van der Waals surface area contributed by atoms with Crippen molar-refractivity contribution in [1.82, 2.24) is 19.8 Å². The monoisotopic (exact) mass is 559 g/mol. The topological polar surface area (TPSA) is 74.0 Å². The van der Waals surface area contributed by atoms with Gasteiger partial charge in [-0.15, -0.1) is 0 Å². The molecule has 0 radical (unpaired) electrons. The number of hydrogen-bond donors (Lipinski definition) is 1. The molecular weight excluding hydrogens is 538 g/mol. The fraction of sp³-hybridized carbons (Fsp3) is 0.179. The second-order valence-corrected chi connectivity index (χ2v) is 9.99. The van der Waals surface area contributed by atoms with Crippen LogP contribution in [0, 0.1) is 11.3 Å². The second-order valence-electron chi connectivity index (χ2n) is 8.69. The highest BCUT2D eigenvalue weighted by atomic mass is 79.9. The minimum Gasteiger partial charge on any atom is -0.333 e. The van der Waals surface area contributed by atoms with Crippen molar-refractivity contribution in [1.29, 1.82) is 5.26 Å². The fourth-order valence-corrected chi connectivity index (χ4v) is 5.15. The van der Waals surface area contributed by atoms with Gasteiger partial charge in [0.15, 0.2) is 0 Å². The first-order valence-corrected chi connectivity index (χ1v) is 12.8. The van der Waals surface area contributed by atoms with Crippen LogP contribution in [0.25, 0.3) is 17.0 Å².